The third-order valence-electron chi connectivity index (χ3n) is 2.97. The first kappa shape index (κ1) is 17.2. The number of rotatable bonds is 6. The fourth-order valence-corrected chi connectivity index (χ4v) is 2.73. The standard InChI is InChI=1S/C14H18Cl2FNO2/c1-7(2)6-11(14(19)20)18-8(3)12-9(15)4-5-10(17)13(12)16/h4-5,7-8,11,18H,6H2,1-3H3,(H,19,20). The van der Waals surface area contributed by atoms with Crippen LogP contribution < -0.4 is 5.32 Å². The second-order valence-corrected chi connectivity index (χ2v) is 5.95. The highest BCUT2D eigenvalue weighted by Gasteiger charge is 2.24. The lowest BCUT2D eigenvalue weighted by atomic mass is 10.0. The molecule has 0 radical (unpaired) electrons. The highest BCUT2D eigenvalue weighted by atomic mass is 35.5. The zero-order valence-electron chi connectivity index (χ0n) is 11.6. The highest BCUT2D eigenvalue weighted by Crippen LogP contribution is 2.32. The molecule has 0 saturated carbocycles. The second-order valence-electron chi connectivity index (χ2n) is 5.17. The number of benzene rings is 1. The van der Waals surface area contributed by atoms with Crippen molar-refractivity contribution in [3.8, 4) is 0 Å². The molecular formula is C14H18Cl2FNO2. The van der Waals surface area contributed by atoms with Gasteiger partial charge in [-0.2, -0.15) is 0 Å². The molecule has 0 aliphatic carbocycles. The Kier molecular flexibility index (Phi) is 6.24. The molecule has 0 aliphatic heterocycles. The van der Waals surface area contributed by atoms with Crippen LogP contribution in [0.4, 0.5) is 4.39 Å². The van der Waals surface area contributed by atoms with Crippen LogP contribution >= 0.6 is 23.2 Å². The molecule has 0 spiro atoms. The summed E-state index contributed by atoms with van der Waals surface area (Å²) >= 11 is 11.9. The first-order valence-corrected chi connectivity index (χ1v) is 7.11. The van der Waals surface area contributed by atoms with Gasteiger partial charge in [0, 0.05) is 16.6 Å². The van der Waals surface area contributed by atoms with E-state index in [1.54, 1.807) is 6.92 Å². The predicted molar refractivity (Wildman–Crippen MR) is 78.8 cm³/mol. The summed E-state index contributed by atoms with van der Waals surface area (Å²) in [5.74, 6) is -1.31. The summed E-state index contributed by atoms with van der Waals surface area (Å²) in [4.78, 5) is 11.2. The van der Waals surface area contributed by atoms with Crippen LogP contribution in [0.5, 0.6) is 0 Å². The number of carboxylic acid groups (broad SMARTS) is 1. The SMILES string of the molecule is CC(C)CC(NC(C)c1c(Cl)ccc(F)c1Cl)C(=O)O. The molecule has 0 heterocycles. The Morgan fingerprint density at radius 3 is 2.45 bits per heavy atom. The summed E-state index contributed by atoms with van der Waals surface area (Å²) in [5.41, 5.74) is 0.378. The summed E-state index contributed by atoms with van der Waals surface area (Å²) in [6.45, 7) is 5.58. The van der Waals surface area contributed by atoms with Gasteiger partial charge >= 0.3 is 5.97 Å². The first-order valence-electron chi connectivity index (χ1n) is 6.36. The Morgan fingerprint density at radius 2 is 1.95 bits per heavy atom. The smallest absolute Gasteiger partial charge is 0.320 e. The lowest BCUT2D eigenvalue weighted by molar-refractivity contribution is -0.140. The zero-order valence-corrected chi connectivity index (χ0v) is 13.1. The molecule has 3 nitrogen and oxygen atoms in total. The summed E-state index contributed by atoms with van der Waals surface area (Å²) < 4.78 is 13.5. The molecule has 0 saturated heterocycles. The van der Waals surface area contributed by atoms with E-state index in [-0.39, 0.29) is 10.9 Å². The number of aliphatic carboxylic acids is 1. The Balaban J connectivity index is 2.97. The summed E-state index contributed by atoms with van der Waals surface area (Å²) in [5, 5.41) is 12.4. The van der Waals surface area contributed by atoms with Crippen molar-refractivity contribution in [2.75, 3.05) is 0 Å². The number of hydrogen-bond acceptors (Lipinski definition) is 2. The molecule has 6 heteroatoms. The Morgan fingerprint density at radius 1 is 1.35 bits per heavy atom. The molecule has 0 fully saturated rings. The molecule has 0 aromatic heterocycles. The molecular weight excluding hydrogens is 304 g/mol. The van der Waals surface area contributed by atoms with Gasteiger partial charge in [-0.25, -0.2) is 4.39 Å². The van der Waals surface area contributed by atoms with Gasteiger partial charge in [0.1, 0.15) is 11.9 Å². The maximum Gasteiger partial charge on any atom is 0.320 e. The maximum atomic E-state index is 13.5. The van der Waals surface area contributed by atoms with Crippen LogP contribution in [-0.2, 0) is 4.79 Å². The maximum absolute atomic E-state index is 13.5. The number of carbonyl (C=O) groups is 1. The Hall–Kier alpha value is -0.840. The van der Waals surface area contributed by atoms with Crippen molar-refractivity contribution in [3.63, 3.8) is 0 Å². The van der Waals surface area contributed by atoms with Crippen LogP contribution in [0, 0.1) is 11.7 Å². The molecule has 1 aromatic rings. The van der Waals surface area contributed by atoms with Gasteiger partial charge in [-0.1, -0.05) is 37.0 Å². The van der Waals surface area contributed by atoms with Crippen molar-refractivity contribution in [3.05, 3.63) is 33.6 Å². The minimum atomic E-state index is -0.950. The van der Waals surface area contributed by atoms with E-state index >= 15 is 0 Å². The molecule has 20 heavy (non-hydrogen) atoms. The van der Waals surface area contributed by atoms with Gasteiger partial charge in [-0.3, -0.25) is 10.1 Å². The predicted octanol–water partition coefficient (Wildman–Crippen LogP) is 4.28. The minimum absolute atomic E-state index is 0.0776. The Labute approximate surface area is 128 Å². The minimum Gasteiger partial charge on any atom is -0.480 e. The molecule has 2 unspecified atom stereocenters. The van der Waals surface area contributed by atoms with E-state index in [0.717, 1.165) is 0 Å². The van der Waals surface area contributed by atoms with E-state index in [4.69, 9.17) is 23.2 Å². The molecule has 0 bridgehead atoms. The van der Waals surface area contributed by atoms with Crippen LogP contribution in [0.1, 0.15) is 38.8 Å². The molecule has 2 atom stereocenters. The molecule has 0 amide bonds. The molecule has 112 valence electrons. The van der Waals surface area contributed by atoms with Crippen LogP contribution in [0.3, 0.4) is 0 Å². The van der Waals surface area contributed by atoms with Gasteiger partial charge in [0.15, 0.2) is 0 Å². The summed E-state index contributed by atoms with van der Waals surface area (Å²) in [6.07, 6.45) is 0.463. The van der Waals surface area contributed by atoms with Crippen molar-refractivity contribution in [1.82, 2.24) is 5.32 Å². The van der Waals surface area contributed by atoms with E-state index in [2.05, 4.69) is 5.32 Å². The molecule has 2 N–H and O–H groups in total. The molecule has 1 aromatic carbocycles. The highest BCUT2D eigenvalue weighted by molar-refractivity contribution is 6.36. The molecule has 0 aliphatic rings. The van der Waals surface area contributed by atoms with Crippen molar-refractivity contribution in [2.24, 2.45) is 5.92 Å². The van der Waals surface area contributed by atoms with E-state index in [9.17, 15) is 14.3 Å². The normalized spacial score (nSPS) is 14.3. The van der Waals surface area contributed by atoms with Crippen molar-refractivity contribution < 1.29 is 14.3 Å². The third-order valence-corrected chi connectivity index (χ3v) is 3.68. The third kappa shape index (κ3) is 4.33. The van der Waals surface area contributed by atoms with Crippen molar-refractivity contribution >= 4 is 29.2 Å². The van der Waals surface area contributed by atoms with Gasteiger partial charge in [0.25, 0.3) is 0 Å². The fourth-order valence-electron chi connectivity index (χ4n) is 2.04. The summed E-state index contributed by atoms with van der Waals surface area (Å²) in [7, 11) is 0. The van der Waals surface area contributed by atoms with Crippen LogP contribution in [0.15, 0.2) is 12.1 Å². The number of carboxylic acids is 1. The zero-order chi connectivity index (χ0) is 15.4. The molecule has 1 rings (SSSR count). The lowest BCUT2D eigenvalue weighted by Crippen LogP contribution is -2.39. The quantitative estimate of drug-likeness (QED) is 0.769. The van der Waals surface area contributed by atoms with E-state index in [0.29, 0.717) is 17.0 Å². The number of hydrogen-bond donors (Lipinski definition) is 2. The van der Waals surface area contributed by atoms with Gasteiger partial charge in [0.05, 0.1) is 5.02 Å². The average molecular weight is 322 g/mol. The van der Waals surface area contributed by atoms with Crippen LogP contribution in [-0.4, -0.2) is 17.1 Å². The number of nitrogens with one attached hydrogen (secondary N) is 1. The monoisotopic (exact) mass is 321 g/mol. The van der Waals surface area contributed by atoms with Gasteiger partial charge in [-0.15, -0.1) is 0 Å². The second kappa shape index (κ2) is 7.25. The van der Waals surface area contributed by atoms with E-state index < -0.39 is 23.9 Å². The summed E-state index contributed by atoms with van der Waals surface area (Å²) in [6, 6.07) is 1.39. The largest absolute Gasteiger partial charge is 0.480 e. The van der Waals surface area contributed by atoms with E-state index in [1.807, 2.05) is 13.8 Å². The Bertz CT molecular complexity index is 494. The first-order chi connectivity index (χ1) is 9.23. The number of halogens is 3. The average Bonchev–Trinajstić information content (AvgIpc) is 2.33. The fraction of sp³-hybridized carbons (Fsp3) is 0.500. The van der Waals surface area contributed by atoms with Gasteiger partial charge in [-0.05, 0) is 31.4 Å². The van der Waals surface area contributed by atoms with Gasteiger partial charge in [0.2, 0.25) is 0 Å². The van der Waals surface area contributed by atoms with Crippen LogP contribution in [0.2, 0.25) is 10.0 Å². The van der Waals surface area contributed by atoms with E-state index in [1.165, 1.54) is 12.1 Å². The topological polar surface area (TPSA) is 49.3 Å². The van der Waals surface area contributed by atoms with Gasteiger partial charge < -0.3 is 5.11 Å². The van der Waals surface area contributed by atoms with Crippen molar-refractivity contribution in [1.29, 1.82) is 0 Å². The van der Waals surface area contributed by atoms with Crippen LogP contribution in [0.25, 0.3) is 0 Å². The van der Waals surface area contributed by atoms with Crippen molar-refractivity contribution in [2.45, 2.75) is 39.3 Å². The lowest BCUT2D eigenvalue weighted by Gasteiger charge is -2.23.